The van der Waals surface area contributed by atoms with Crippen LogP contribution in [-0.4, -0.2) is 42.3 Å². The maximum absolute atomic E-state index is 5.08. The zero-order valence-corrected chi connectivity index (χ0v) is 11.1. The zero-order valence-electron chi connectivity index (χ0n) is 11.1. The van der Waals surface area contributed by atoms with Gasteiger partial charge in [-0.25, -0.2) is 0 Å². The van der Waals surface area contributed by atoms with E-state index in [-0.39, 0.29) is 5.92 Å². The molecule has 0 saturated carbocycles. The number of ether oxygens (including phenoxy) is 2. The predicted molar refractivity (Wildman–Crippen MR) is 66.9 cm³/mol. The van der Waals surface area contributed by atoms with E-state index in [0.29, 0.717) is 17.9 Å². The molecule has 6 nitrogen and oxygen atoms in total. The standard InChI is InChI=1S/C12H20N4O2/c1-8(9-4-6-13-7-5-9)10-14-11(17-2)16-12(15-10)18-3/h8-9,13H,4-7H2,1-3H3. The molecule has 0 bridgehead atoms. The fourth-order valence-corrected chi connectivity index (χ4v) is 2.29. The Labute approximate surface area is 107 Å². The summed E-state index contributed by atoms with van der Waals surface area (Å²) in [5, 5.41) is 3.36. The maximum Gasteiger partial charge on any atom is 0.322 e. The van der Waals surface area contributed by atoms with Gasteiger partial charge in [0.05, 0.1) is 14.2 Å². The van der Waals surface area contributed by atoms with Crippen LogP contribution in [0.4, 0.5) is 0 Å². The van der Waals surface area contributed by atoms with Crippen molar-refractivity contribution in [3.05, 3.63) is 5.82 Å². The molecule has 1 fully saturated rings. The molecule has 1 unspecified atom stereocenters. The zero-order chi connectivity index (χ0) is 13.0. The molecule has 100 valence electrons. The lowest BCUT2D eigenvalue weighted by Gasteiger charge is -2.27. The van der Waals surface area contributed by atoms with E-state index in [2.05, 4.69) is 27.2 Å². The first-order valence-electron chi connectivity index (χ1n) is 6.29. The van der Waals surface area contributed by atoms with Crippen molar-refractivity contribution in [1.29, 1.82) is 0 Å². The summed E-state index contributed by atoms with van der Waals surface area (Å²) in [7, 11) is 3.10. The Morgan fingerprint density at radius 1 is 1.06 bits per heavy atom. The van der Waals surface area contributed by atoms with Crippen LogP contribution in [0.2, 0.25) is 0 Å². The van der Waals surface area contributed by atoms with Gasteiger partial charge in [0.25, 0.3) is 0 Å². The summed E-state index contributed by atoms with van der Waals surface area (Å²) >= 11 is 0. The maximum atomic E-state index is 5.08. The second-order valence-electron chi connectivity index (χ2n) is 4.54. The van der Waals surface area contributed by atoms with E-state index >= 15 is 0 Å². The van der Waals surface area contributed by atoms with Gasteiger partial charge in [0.1, 0.15) is 5.82 Å². The molecular weight excluding hydrogens is 232 g/mol. The molecule has 18 heavy (non-hydrogen) atoms. The van der Waals surface area contributed by atoms with Crippen molar-refractivity contribution in [3.8, 4) is 12.0 Å². The highest BCUT2D eigenvalue weighted by Gasteiger charge is 2.24. The van der Waals surface area contributed by atoms with Gasteiger partial charge in [-0.1, -0.05) is 6.92 Å². The van der Waals surface area contributed by atoms with Crippen LogP contribution < -0.4 is 14.8 Å². The summed E-state index contributed by atoms with van der Waals surface area (Å²) in [5.41, 5.74) is 0. The molecule has 2 heterocycles. The fourth-order valence-electron chi connectivity index (χ4n) is 2.29. The third kappa shape index (κ3) is 2.87. The van der Waals surface area contributed by atoms with Crippen molar-refractivity contribution < 1.29 is 9.47 Å². The molecule has 1 aliphatic rings. The third-order valence-electron chi connectivity index (χ3n) is 3.48. The molecule has 1 N–H and O–H groups in total. The molecule has 1 aromatic heterocycles. The molecular formula is C12H20N4O2. The lowest BCUT2D eigenvalue weighted by Crippen LogP contribution is -2.30. The SMILES string of the molecule is COc1nc(OC)nc(C(C)C2CCNCC2)n1. The van der Waals surface area contributed by atoms with E-state index in [1.807, 2.05) is 0 Å². The lowest BCUT2D eigenvalue weighted by molar-refractivity contribution is 0.303. The van der Waals surface area contributed by atoms with Gasteiger partial charge < -0.3 is 14.8 Å². The van der Waals surface area contributed by atoms with Crippen LogP contribution in [0.25, 0.3) is 0 Å². The normalized spacial score (nSPS) is 18.4. The minimum atomic E-state index is 0.290. The smallest absolute Gasteiger partial charge is 0.322 e. The number of hydrogen-bond acceptors (Lipinski definition) is 6. The quantitative estimate of drug-likeness (QED) is 0.862. The Bertz CT molecular complexity index is 371. The van der Waals surface area contributed by atoms with Crippen LogP contribution >= 0.6 is 0 Å². The van der Waals surface area contributed by atoms with Gasteiger partial charge >= 0.3 is 12.0 Å². The van der Waals surface area contributed by atoms with Crippen molar-refractivity contribution in [3.63, 3.8) is 0 Å². The van der Waals surface area contributed by atoms with Crippen LogP contribution in [0.3, 0.4) is 0 Å². The molecule has 1 atom stereocenters. The number of nitrogens with one attached hydrogen (secondary N) is 1. The topological polar surface area (TPSA) is 69.2 Å². The largest absolute Gasteiger partial charge is 0.467 e. The van der Waals surface area contributed by atoms with E-state index in [9.17, 15) is 0 Å². The first-order chi connectivity index (χ1) is 8.74. The summed E-state index contributed by atoms with van der Waals surface area (Å²) in [6.07, 6.45) is 2.30. The van der Waals surface area contributed by atoms with Gasteiger partial charge in [-0.2, -0.15) is 9.97 Å². The Kier molecular flexibility index (Phi) is 4.30. The van der Waals surface area contributed by atoms with E-state index in [1.165, 1.54) is 0 Å². The summed E-state index contributed by atoms with van der Waals surface area (Å²) < 4.78 is 10.2. The van der Waals surface area contributed by atoms with Crippen LogP contribution in [0.15, 0.2) is 0 Å². The van der Waals surface area contributed by atoms with Crippen LogP contribution in [-0.2, 0) is 0 Å². The minimum absolute atomic E-state index is 0.290. The molecule has 0 aromatic carbocycles. The molecule has 2 rings (SSSR count). The van der Waals surface area contributed by atoms with Crippen LogP contribution in [0.1, 0.15) is 31.5 Å². The second kappa shape index (κ2) is 5.95. The fraction of sp³-hybridized carbons (Fsp3) is 0.750. The predicted octanol–water partition coefficient (Wildman–Crippen LogP) is 0.992. The summed E-state index contributed by atoms with van der Waals surface area (Å²) in [4.78, 5) is 12.7. The lowest BCUT2D eigenvalue weighted by atomic mass is 9.85. The summed E-state index contributed by atoms with van der Waals surface area (Å²) in [5.74, 6) is 1.64. The molecule has 0 spiro atoms. The number of nitrogens with zero attached hydrogens (tertiary/aromatic N) is 3. The molecule has 0 aliphatic carbocycles. The summed E-state index contributed by atoms with van der Waals surface area (Å²) in [6, 6.07) is 0.635. The number of hydrogen-bond donors (Lipinski definition) is 1. The highest BCUT2D eigenvalue weighted by atomic mass is 16.5. The number of rotatable bonds is 4. The van der Waals surface area contributed by atoms with Crippen molar-refractivity contribution in [2.45, 2.75) is 25.7 Å². The monoisotopic (exact) mass is 252 g/mol. The number of aromatic nitrogens is 3. The molecule has 0 radical (unpaired) electrons. The van der Waals surface area contributed by atoms with Crippen molar-refractivity contribution in [1.82, 2.24) is 20.3 Å². The molecule has 1 aromatic rings. The van der Waals surface area contributed by atoms with Crippen molar-refractivity contribution in [2.75, 3.05) is 27.3 Å². The molecule has 6 heteroatoms. The van der Waals surface area contributed by atoms with Gasteiger partial charge in [0.2, 0.25) is 0 Å². The van der Waals surface area contributed by atoms with E-state index in [4.69, 9.17) is 9.47 Å². The average Bonchev–Trinajstić information content (AvgIpc) is 2.46. The van der Waals surface area contributed by atoms with Gasteiger partial charge in [0, 0.05) is 5.92 Å². The van der Waals surface area contributed by atoms with Gasteiger partial charge in [-0.3, -0.25) is 0 Å². The molecule has 1 saturated heterocycles. The van der Waals surface area contributed by atoms with E-state index < -0.39 is 0 Å². The first kappa shape index (κ1) is 13.0. The van der Waals surface area contributed by atoms with Crippen molar-refractivity contribution in [2.24, 2.45) is 5.92 Å². The summed E-state index contributed by atoms with van der Waals surface area (Å²) in [6.45, 7) is 4.28. The van der Waals surface area contributed by atoms with Crippen LogP contribution in [0.5, 0.6) is 12.0 Å². The Morgan fingerprint density at radius 3 is 2.11 bits per heavy atom. The van der Waals surface area contributed by atoms with E-state index in [0.717, 1.165) is 31.8 Å². The average molecular weight is 252 g/mol. The van der Waals surface area contributed by atoms with Gasteiger partial charge in [-0.05, 0) is 31.8 Å². The third-order valence-corrected chi connectivity index (χ3v) is 3.48. The number of methoxy groups -OCH3 is 2. The first-order valence-corrected chi connectivity index (χ1v) is 6.29. The Hall–Kier alpha value is -1.43. The second-order valence-corrected chi connectivity index (χ2v) is 4.54. The molecule has 1 aliphatic heterocycles. The Balaban J connectivity index is 2.19. The highest BCUT2D eigenvalue weighted by Crippen LogP contribution is 2.29. The molecule has 0 amide bonds. The Morgan fingerprint density at radius 2 is 1.61 bits per heavy atom. The minimum Gasteiger partial charge on any atom is -0.467 e. The van der Waals surface area contributed by atoms with Crippen molar-refractivity contribution >= 4 is 0 Å². The highest BCUT2D eigenvalue weighted by molar-refractivity contribution is 5.09. The number of piperidine rings is 1. The van der Waals surface area contributed by atoms with Crippen LogP contribution in [0, 0.1) is 5.92 Å². The van der Waals surface area contributed by atoms with E-state index in [1.54, 1.807) is 14.2 Å². The van der Waals surface area contributed by atoms with Gasteiger partial charge in [-0.15, -0.1) is 4.98 Å². The van der Waals surface area contributed by atoms with Gasteiger partial charge in [0.15, 0.2) is 0 Å².